The smallest absolute Gasteiger partial charge is 0.0935 e. The number of hydrogen-bond acceptors (Lipinski definition) is 3. The highest BCUT2D eigenvalue weighted by Crippen LogP contribution is 2.06. The van der Waals surface area contributed by atoms with Gasteiger partial charge in [0.2, 0.25) is 0 Å². The van der Waals surface area contributed by atoms with Crippen molar-refractivity contribution in [3.8, 4) is 0 Å². The van der Waals surface area contributed by atoms with Gasteiger partial charge in [-0.15, -0.1) is 0 Å². The van der Waals surface area contributed by atoms with Crippen molar-refractivity contribution < 1.29 is 9.47 Å². The van der Waals surface area contributed by atoms with Crippen LogP contribution in [-0.2, 0) is 9.47 Å². The average molecular weight is 229 g/mol. The highest BCUT2D eigenvalue weighted by Gasteiger charge is 2.19. The number of unbranched alkanes of at least 4 members (excludes halogenated alkanes) is 2. The van der Waals surface area contributed by atoms with E-state index < -0.39 is 0 Å². The standard InChI is InChI=1S/C13H27NO2/c1-3-5-6-9-15-12-13-11-14(7-4-2)8-10-16-13/h13H,3-12H2,1-2H3/t13-/m0/s1. The molecule has 0 N–H and O–H groups in total. The van der Waals surface area contributed by atoms with Crippen LogP contribution in [-0.4, -0.2) is 50.5 Å². The molecule has 16 heavy (non-hydrogen) atoms. The first kappa shape index (κ1) is 13.9. The molecule has 1 fully saturated rings. The maximum Gasteiger partial charge on any atom is 0.0935 e. The zero-order valence-electron chi connectivity index (χ0n) is 10.9. The lowest BCUT2D eigenvalue weighted by Gasteiger charge is -2.32. The summed E-state index contributed by atoms with van der Waals surface area (Å²) in [6.07, 6.45) is 5.23. The summed E-state index contributed by atoms with van der Waals surface area (Å²) in [5.74, 6) is 0. The van der Waals surface area contributed by atoms with Gasteiger partial charge in [0.05, 0.1) is 19.3 Å². The summed E-state index contributed by atoms with van der Waals surface area (Å²) in [5, 5.41) is 0. The summed E-state index contributed by atoms with van der Waals surface area (Å²) in [6, 6.07) is 0. The van der Waals surface area contributed by atoms with Crippen molar-refractivity contribution in [2.24, 2.45) is 0 Å². The molecule has 0 aromatic rings. The Morgan fingerprint density at radius 2 is 2.12 bits per heavy atom. The molecular weight excluding hydrogens is 202 g/mol. The molecule has 0 saturated carbocycles. The Kier molecular flexibility index (Phi) is 7.81. The quantitative estimate of drug-likeness (QED) is 0.596. The van der Waals surface area contributed by atoms with Gasteiger partial charge >= 0.3 is 0 Å². The van der Waals surface area contributed by atoms with Gasteiger partial charge in [-0.3, -0.25) is 4.90 Å². The fourth-order valence-corrected chi connectivity index (χ4v) is 2.07. The Morgan fingerprint density at radius 1 is 1.25 bits per heavy atom. The van der Waals surface area contributed by atoms with E-state index in [-0.39, 0.29) is 0 Å². The zero-order valence-corrected chi connectivity index (χ0v) is 10.9. The van der Waals surface area contributed by atoms with Crippen LogP contribution in [0.3, 0.4) is 0 Å². The van der Waals surface area contributed by atoms with E-state index in [9.17, 15) is 0 Å². The molecule has 1 saturated heterocycles. The van der Waals surface area contributed by atoms with Crippen LogP contribution >= 0.6 is 0 Å². The van der Waals surface area contributed by atoms with E-state index in [1.807, 2.05) is 0 Å². The lowest BCUT2D eigenvalue weighted by molar-refractivity contribution is -0.0692. The molecule has 0 aliphatic carbocycles. The molecule has 96 valence electrons. The van der Waals surface area contributed by atoms with Gasteiger partial charge < -0.3 is 9.47 Å². The van der Waals surface area contributed by atoms with Crippen LogP contribution in [0.25, 0.3) is 0 Å². The molecule has 1 aliphatic heterocycles. The largest absolute Gasteiger partial charge is 0.379 e. The van der Waals surface area contributed by atoms with Gasteiger partial charge in [0.25, 0.3) is 0 Å². The van der Waals surface area contributed by atoms with Crippen molar-refractivity contribution in [1.29, 1.82) is 0 Å². The highest BCUT2D eigenvalue weighted by atomic mass is 16.5. The monoisotopic (exact) mass is 229 g/mol. The molecule has 1 rings (SSSR count). The van der Waals surface area contributed by atoms with Crippen LogP contribution in [0.1, 0.15) is 39.5 Å². The zero-order chi connectivity index (χ0) is 11.6. The predicted octanol–water partition coefficient (Wildman–Crippen LogP) is 2.30. The first-order valence-electron chi connectivity index (χ1n) is 6.78. The van der Waals surface area contributed by atoms with E-state index >= 15 is 0 Å². The van der Waals surface area contributed by atoms with Crippen molar-refractivity contribution in [2.45, 2.75) is 45.6 Å². The molecule has 0 spiro atoms. The Hall–Kier alpha value is -0.120. The van der Waals surface area contributed by atoms with Crippen molar-refractivity contribution in [3.63, 3.8) is 0 Å². The predicted molar refractivity (Wildman–Crippen MR) is 66.8 cm³/mol. The normalized spacial score (nSPS) is 22.5. The Morgan fingerprint density at radius 3 is 2.88 bits per heavy atom. The molecule has 1 atom stereocenters. The molecule has 3 heteroatoms. The van der Waals surface area contributed by atoms with Crippen molar-refractivity contribution >= 4 is 0 Å². The number of hydrogen-bond donors (Lipinski definition) is 0. The molecule has 0 amide bonds. The minimum atomic E-state index is 0.293. The van der Waals surface area contributed by atoms with Crippen LogP contribution in [0.15, 0.2) is 0 Å². The molecule has 0 bridgehead atoms. The van der Waals surface area contributed by atoms with E-state index in [1.54, 1.807) is 0 Å². The van der Waals surface area contributed by atoms with E-state index in [0.717, 1.165) is 32.9 Å². The van der Waals surface area contributed by atoms with E-state index in [0.29, 0.717) is 6.10 Å². The third-order valence-electron chi connectivity index (χ3n) is 2.96. The van der Waals surface area contributed by atoms with Crippen molar-refractivity contribution in [3.05, 3.63) is 0 Å². The van der Waals surface area contributed by atoms with E-state index in [2.05, 4.69) is 18.7 Å². The SMILES string of the molecule is CCCCCOC[C@@H]1CN(CCC)CCO1. The van der Waals surface area contributed by atoms with Crippen LogP contribution in [0, 0.1) is 0 Å². The third kappa shape index (κ3) is 5.83. The number of rotatable bonds is 8. The molecule has 0 aromatic heterocycles. The lowest BCUT2D eigenvalue weighted by atomic mass is 10.2. The van der Waals surface area contributed by atoms with Crippen LogP contribution in [0.4, 0.5) is 0 Å². The molecule has 0 aromatic carbocycles. The first-order chi connectivity index (χ1) is 7.86. The second-order valence-electron chi connectivity index (χ2n) is 4.58. The fraction of sp³-hybridized carbons (Fsp3) is 1.00. The second kappa shape index (κ2) is 8.97. The number of morpholine rings is 1. The number of ether oxygens (including phenoxy) is 2. The molecular formula is C13H27NO2. The molecule has 0 radical (unpaired) electrons. The third-order valence-corrected chi connectivity index (χ3v) is 2.96. The Bertz CT molecular complexity index is 162. The van der Waals surface area contributed by atoms with Gasteiger partial charge in [0, 0.05) is 19.7 Å². The minimum absolute atomic E-state index is 0.293. The van der Waals surface area contributed by atoms with Crippen molar-refractivity contribution in [1.82, 2.24) is 4.90 Å². The molecule has 0 unspecified atom stereocenters. The summed E-state index contributed by atoms with van der Waals surface area (Å²) < 4.78 is 11.3. The van der Waals surface area contributed by atoms with Gasteiger partial charge in [0.15, 0.2) is 0 Å². The molecule has 3 nitrogen and oxygen atoms in total. The Labute approximate surface area is 100 Å². The van der Waals surface area contributed by atoms with Gasteiger partial charge in [0.1, 0.15) is 0 Å². The lowest BCUT2D eigenvalue weighted by Crippen LogP contribution is -2.44. The molecule has 1 aliphatic rings. The second-order valence-corrected chi connectivity index (χ2v) is 4.58. The van der Waals surface area contributed by atoms with Gasteiger partial charge in [-0.2, -0.15) is 0 Å². The Balaban J connectivity index is 2.02. The summed E-state index contributed by atoms with van der Waals surface area (Å²) in [7, 11) is 0. The summed E-state index contributed by atoms with van der Waals surface area (Å²) in [5.41, 5.74) is 0. The fourth-order valence-electron chi connectivity index (χ4n) is 2.07. The first-order valence-corrected chi connectivity index (χ1v) is 6.78. The average Bonchev–Trinajstić information content (AvgIpc) is 2.30. The van der Waals surface area contributed by atoms with Crippen LogP contribution in [0.2, 0.25) is 0 Å². The topological polar surface area (TPSA) is 21.7 Å². The summed E-state index contributed by atoms with van der Waals surface area (Å²) in [6.45, 7) is 10.3. The van der Waals surface area contributed by atoms with E-state index in [4.69, 9.17) is 9.47 Å². The minimum Gasteiger partial charge on any atom is -0.379 e. The maximum absolute atomic E-state index is 5.69. The summed E-state index contributed by atoms with van der Waals surface area (Å²) >= 11 is 0. The number of nitrogens with zero attached hydrogens (tertiary/aromatic N) is 1. The van der Waals surface area contributed by atoms with Gasteiger partial charge in [-0.25, -0.2) is 0 Å². The van der Waals surface area contributed by atoms with E-state index in [1.165, 1.54) is 32.2 Å². The van der Waals surface area contributed by atoms with Crippen LogP contribution < -0.4 is 0 Å². The highest BCUT2D eigenvalue weighted by molar-refractivity contribution is 4.70. The van der Waals surface area contributed by atoms with Gasteiger partial charge in [-0.1, -0.05) is 26.7 Å². The van der Waals surface area contributed by atoms with Crippen LogP contribution in [0.5, 0.6) is 0 Å². The van der Waals surface area contributed by atoms with Gasteiger partial charge in [-0.05, 0) is 19.4 Å². The van der Waals surface area contributed by atoms with Crippen molar-refractivity contribution in [2.75, 3.05) is 39.5 Å². The maximum atomic E-state index is 5.69. The summed E-state index contributed by atoms with van der Waals surface area (Å²) in [4.78, 5) is 2.48. The molecule has 1 heterocycles.